The van der Waals surface area contributed by atoms with Crippen molar-refractivity contribution in [2.75, 3.05) is 13.6 Å². The first kappa shape index (κ1) is 13.4. The third kappa shape index (κ3) is 2.84. The van der Waals surface area contributed by atoms with Crippen LogP contribution in [0.5, 0.6) is 0 Å². The van der Waals surface area contributed by atoms with Gasteiger partial charge in [-0.15, -0.1) is 0 Å². The van der Waals surface area contributed by atoms with Crippen molar-refractivity contribution in [3.63, 3.8) is 0 Å². The number of alkyl halides is 3. The summed E-state index contributed by atoms with van der Waals surface area (Å²) in [6.45, 7) is -0.0841. The molecule has 2 rings (SSSR count). The summed E-state index contributed by atoms with van der Waals surface area (Å²) in [4.78, 5) is 1.60. The second-order valence-corrected chi connectivity index (χ2v) is 4.76. The van der Waals surface area contributed by atoms with Crippen molar-refractivity contribution in [3.05, 3.63) is 35.4 Å². The van der Waals surface area contributed by atoms with Crippen molar-refractivity contribution >= 4 is 0 Å². The van der Waals surface area contributed by atoms with E-state index in [-0.39, 0.29) is 12.6 Å². The van der Waals surface area contributed by atoms with Gasteiger partial charge in [-0.25, -0.2) is 0 Å². The maximum Gasteiger partial charge on any atom is 0.390 e. The molecule has 5 heteroatoms. The van der Waals surface area contributed by atoms with Crippen molar-refractivity contribution in [3.8, 4) is 0 Å². The molecule has 0 saturated carbocycles. The van der Waals surface area contributed by atoms with E-state index in [0.29, 0.717) is 6.42 Å². The topological polar surface area (TPSA) is 23.5 Å². The minimum atomic E-state index is -4.15. The molecular weight excluding hydrogens is 243 g/mol. The van der Waals surface area contributed by atoms with Gasteiger partial charge < -0.3 is 5.11 Å². The number of aliphatic hydroxyl groups is 1. The van der Waals surface area contributed by atoms with Crippen molar-refractivity contribution < 1.29 is 18.3 Å². The van der Waals surface area contributed by atoms with Crippen LogP contribution in [0.25, 0.3) is 0 Å². The standard InChI is InChI=1S/C13H16F3NO/c1-17(7-6-13(14,15)16)11-8-9-4-2-3-5-10(9)12(11)18/h2-5,11-12,18H,6-8H2,1H3. The van der Waals surface area contributed by atoms with Crippen LogP contribution in [-0.2, 0) is 6.42 Å². The van der Waals surface area contributed by atoms with E-state index in [2.05, 4.69) is 0 Å². The molecule has 0 heterocycles. The van der Waals surface area contributed by atoms with Crippen molar-refractivity contribution in [2.45, 2.75) is 31.2 Å². The van der Waals surface area contributed by atoms with Crippen LogP contribution in [0.1, 0.15) is 23.7 Å². The first-order chi connectivity index (χ1) is 8.38. The van der Waals surface area contributed by atoms with E-state index in [9.17, 15) is 18.3 Å². The van der Waals surface area contributed by atoms with E-state index < -0.39 is 18.7 Å². The van der Waals surface area contributed by atoms with Gasteiger partial charge in [0.25, 0.3) is 0 Å². The second-order valence-electron chi connectivity index (χ2n) is 4.76. The molecule has 1 aromatic carbocycles. The molecule has 1 N–H and O–H groups in total. The average molecular weight is 259 g/mol. The number of halogens is 3. The summed E-state index contributed by atoms with van der Waals surface area (Å²) >= 11 is 0. The first-order valence-corrected chi connectivity index (χ1v) is 5.91. The normalized spacial score (nSPS) is 23.4. The summed E-state index contributed by atoms with van der Waals surface area (Å²) in [7, 11) is 1.63. The summed E-state index contributed by atoms with van der Waals surface area (Å²) in [5, 5.41) is 10.1. The van der Waals surface area contributed by atoms with Gasteiger partial charge >= 0.3 is 6.18 Å². The lowest BCUT2D eigenvalue weighted by Gasteiger charge is -2.27. The Hall–Kier alpha value is -1.07. The Labute approximate surface area is 104 Å². The van der Waals surface area contributed by atoms with Crippen LogP contribution in [0.3, 0.4) is 0 Å². The van der Waals surface area contributed by atoms with Gasteiger partial charge in [-0.3, -0.25) is 4.90 Å². The van der Waals surface area contributed by atoms with Crippen LogP contribution in [0, 0.1) is 0 Å². The van der Waals surface area contributed by atoms with Gasteiger partial charge in [-0.1, -0.05) is 24.3 Å². The highest BCUT2D eigenvalue weighted by Gasteiger charge is 2.35. The van der Waals surface area contributed by atoms with Crippen LogP contribution in [0.2, 0.25) is 0 Å². The van der Waals surface area contributed by atoms with Gasteiger partial charge in [-0.05, 0) is 24.6 Å². The van der Waals surface area contributed by atoms with E-state index in [0.717, 1.165) is 11.1 Å². The predicted octanol–water partition coefficient (Wildman–Crippen LogP) is 2.53. The number of nitrogens with zero attached hydrogens (tertiary/aromatic N) is 1. The van der Waals surface area contributed by atoms with Gasteiger partial charge in [0.2, 0.25) is 0 Å². The lowest BCUT2D eigenvalue weighted by atomic mass is 10.1. The van der Waals surface area contributed by atoms with Crippen LogP contribution in [0.15, 0.2) is 24.3 Å². The molecule has 0 bridgehead atoms. The van der Waals surface area contributed by atoms with Crippen LogP contribution >= 0.6 is 0 Å². The van der Waals surface area contributed by atoms with E-state index in [1.165, 1.54) is 0 Å². The molecule has 0 fully saturated rings. The minimum Gasteiger partial charge on any atom is -0.387 e. The number of aliphatic hydroxyl groups excluding tert-OH is 1. The SMILES string of the molecule is CN(CCC(F)(F)F)C1Cc2ccccc2C1O. The number of hydrogen-bond acceptors (Lipinski definition) is 2. The molecular formula is C13H16F3NO. The molecule has 1 aromatic rings. The molecule has 2 unspecified atom stereocenters. The fourth-order valence-electron chi connectivity index (χ4n) is 2.42. The molecule has 0 aromatic heterocycles. The summed E-state index contributed by atoms with van der Waals surface area (Å²) < 4.78 is 36.5. The molecule has 100 valence electrons. The van der Waals surface area contributed by atoms with Crippen molar-refractivity contribution in [2.24, 2.45) is 0 Å². The number of fused-ring (bicyclic) bond motifs is 1. The van der Waals surface area contributed by atoms with Gasteiger partial charge in [0, 0.05) is 12.6 Å². The summed E-state index contributed by atoms with van der Waals surface area (Å²) in [5.41, 5.74) is 1.86. The van der Waals surface area contributed by atoms with Crippen LogP contribution in [0.4, 0.5) is 13.2 Å². The lowest BCUT2D eigenvalue weighted by Crippen LogP contribution is -2.37. The fraction of sp³-hybridized carbons (Fsp3) is 0.538. The Morgan fingerprint density at radius 2 is 2.00 bits per heavy atom. The van der Waals surface area contributed by atoms with E-state index in [4.69, 9.17) is 0 Å². The number of likely N-dealkylation sites (N-methyl/N-ethyl adjacent to an activating group) is 1. The Kier molecular flexibility index (Phi) is 3.64. The molecule has 2 atom stereocenters. The van der Waals surface area contributed by atoms with Gasteiger partial charge in [0.15, 0.2) is 0 Å². The third-order valence-corrected chi connectivity index (χ3v) is 3.48. The molecule has 1 aliphatic rings. The zero-order chi connectivity index (χ0) is 13.3. The Balaban J connectivity index is 2.00. The molecule has 0 radical (unpaired) electrons. The fourth-order valence-corrected chi connectivity index (χ4v) is 2.42. The smallest absolute Gasteiger partial charge is 0.387 e. The maximum atomic E-state index is 12.2. The molecule has 0 amide bonds. The monoisotopic (exact) mass is 259 g/mol. The van der Waals surface area contributed by atoms with E-state index in [1.807, 2.05) is 24.3 Å². The lowest BCUT2D eigenvalue weighted by molar-refractivity contribution is -0.139. The average Bonchev–Trinajstić information content (AvgIpc) is 2.64. The van der Waals surface area contributed by atoms with E-state index >= 15 is 0 Å². The molecule has 18 heavy (non-hydrogen) atoms. The summed E-state index contributed by atoms with van der Waals surface area (Å²) in [6, 6.07) is 7.20. The quantitative estimate of drug-likeness (QED) is 0.901. The van der Waals surface area contributed by atoms with Gasteiger partial charge in [0.05, 0.1) is 12.5 Å². The molecule has 0 saturated heterocycles. The first-order valence-electron chi connectivity index (χ1n) is 5.91. The zero-order valence-corrected chi connectivity index (χ0v) is 10.1. The largest absolute Gasteiger partial charge is 0.390 e. The Morgan fingerprint density at radius 3 is 2.61 bits per heavy atom. The third-order valence-electron chi connectivity index (χ3n) is 3.48. The minimum absolute atomic E-state index is 0.0841. The molecule has 0 spiro atoms. The molecule has 0 aliphatic heterocycles. The number of rotatable bonds is 3. The van der Waals surface area contributed by atoms with Crippen LogP contribution < -0.4 is 0 Å². The highest BCUT2D eigenvalue weighted by atomic mass is 19.4. The summed E-state index contributed by atoms with van der Waals surface area (Å²) in [5.74, 6) is 0. The van der Waals surface area contributed by atoms with Crippen LogP contribution in [-0.4, -0.2) is 35.8 Å². The highest BCUT2D eigenvalue weighted by molar-refractivity contribution is 5.35. The maximum absolute atomic E-state index is 12.2. The zero-order valence-electron chi connectivity index (χ0n) is 10.1. The molecule has 1 aliphatic carbocycles. The van der Waals surface area contributed by atoms with Crippen molar-refractivity contribution in [1.29, 1.82) is 0 Å². The Bertz CT molecular complexity index is 419. The second kappa shape index (κ2) is 4.90. The predicted molar refractivity (Wildman–Crippen MR) is 62.2 cm³/mol. The van der Waals surface area contributed by atoms with Gasteiger partial charge in [-0.2, -0.15) is 13.2 Å². The van der Waals surface area contributed by atoms with E-state index in [1.54, 1.807) is 11.9 Å². The Morgan fingerprint density at radius 1 is 1.33 bits per heavy atom. The number of benzene rings is 1. The highest BCUT2D eigenvalue weighted by Crippen LogP contribution is 2.34. The van der Waals surface area contributed by atoms with Crippen molar-refractivity contribution in [1.82, 2.24) is 4.90 Å². The summed E-state index contributed by atoms with van der Waals surface area (Å²) in [6.07, 6.45) is -5.08. The van der Waals surface area contributed by atoms with Gasteiger partial charge in [0.1, 0.15) is 0 Å². The molecule has 2 nitrogen and oxygen atoms in total. The number of hydrogen-bond donors (Lipinski definition) is 1.